The van der Waals surface area contributed by atoms with Crippen molar-refractivity contribution in [1.29, 1.82) is 0 Å². The van der Waals surface area contributed by atoms with Crippen LogP contribution in [0.15, 0.2) is 97.9 Å². The van der Waals surface area contributed by atoms with Gasteiger partial charge in [0.1, 0.15) is 9.97 Å². The molecule has 1 N–H and O–H groups in total. The van der Waals surface area contributed by atoms with Gasteiger partial charge in [0.05, 0.1) is 27.6 Å². The van der Waals surface area contributed by atoms with Gasteiger partial charge in [-0.3, -0.25) is 24.6 Å². The molecule has 3 aromatic rings. The number of Topliss-reactive ketones (excluding diaryl/α,β-unsaturated/α-hetero) is 1. The maximum absolute atomic E-state index is 13.3. The highest BCUT2D eigenvalue weighted by molar-refractivity contribution is 7.93. The summed E-state index contributed by atoms with van der Waals surface area (Å²) in [5.41, 5.74) is 0.396. The van der Waals surface area contributed by atoms with Crippen molar-refractivity contribution in [3.63, 3.8) is 0 Å². The molecule has 1 aliphatic carbocycles. The van der Waals surface area contributed by atoms with Gasteiger partial charge in [0.15, 0.2) is 5.13 Å². The van der Waals surface area contributed by atoms with E-state index in [9.17, 15) is 33.2 Å². The molecular weight excluding hydrogens is 601 g/mol. The van der Waals surface area contributed by atoms with E-state index in [0.717, 1.165) is 35.4 Å². The number of hydrogen-bond donors (Lipinski definition) is 1. The number of anilines is 1. The minimum atomic E-state index is -4.16. The lowest BCUT2D eigenvalue weighted by Gasteiger charge is -2.23. The number of amides is 1. The molecule has 1 atom stereocenters. The number of non-ortho nitro benzene ring substituents is 1. The van der Waals surface area contributed by atoms with Gasteiger partial charge in [-0.25, -0.2) is 13.4 Å². The summed E-state index contributed by atoms with van der Waals surface area (Å²) in [4.78, 5) is 41.9. The minimum Gasteiger partial charge on any atom is -0.507 e. The Morgan fingerprint density at radius 1 is 1.05 bits per heavy atom. The van der Waals surface area contributed by atoms with Crippen LogP contribution in [0.1, 0.15) is 24.4 Å². The fourth-order valence-electron chi connectivity index (χ4n) is 4.32. The minimum absolute atomic E-state index is 0.0952. The van der Waals surface area contributed by atoms with Gasteiger partial charge in [-0.05, 0) is 54.3 Å². The second-order valence-electron chi connectivity index (χ2n) is 8.74. The number of nitro groups is 1. The highest BCUT2D eigenvalue weighted by Crippen LogP contribution is 2.44. The van der Waals surface area contributed by atoms with E-state index >= 15 is 0 Å². The topological polar surface area (TPSA) is 148 Å². The van der Waals surface area contributed by atoms with Gasteiger partial charge in [-0.15, -0.1) is 0 Å². The number of carbonyl (C=O) groups is 2. The number of sulfone groups is 1. The monoisotopic (exact) mass is 617 g/mol. The number of ketones is 1. The standard InChI is InChI=1S/C26H17Cl2N3O7S2/c27-16-5-1-14(2-6-16)22-21(23(32)15-3-7-17(28)8-4-15)24(33)25(34)30(22)26-29-13-20(39-26)40(37,38)19-11-9-18(10-12-19)31(35)36/h1-3,5-7,9-13,22,32H,4,8H2. The number of hydrogen-bond acceptors (Lipinski definition) is 9. The predicted molar refractivity (Wildman–Crippen MR) is 148 cm³/mol. The molecule has 0 radical (unpaired) electrons. The van der Waals surface area contributed by atoms with E-state index in [-0.39, 0.29) is 31.3 Å². The number of carbonyl (C=O) groups excluding carboxylic acids is 2. The number of nitrogens with zero attached hydrogens (tertiary/aromatic N) is 3. The van der Waals surface area contributed by atoms with Crippen LogP contribution in [-0.4, -0.2) is 35.1 Å². The Morgan fingerprint density at radius 3 is 2.33 bits per heavy atom. The highest BCUT2D eigenvalue weighted by atomic mass is 35.5. The molecule has 1 aromatic heterocycles. The summed E-state index contributed by atoms with van der Waals surface area (Å²) in [6.07, 6.45) is 5.01. The molecule has 0 bridgehead atoms. The quantitative estimate of drug-likeness (QED) is 0.119. The summed E-state index contributed by atoms with van der Waals surface area (Å²) in [5.74, 6) is -2.33. The lowest BCUT2D eigenvalue weighted by atomic mass is 9.93. The van der Waals surface area contributed by atoms with Crippen LogP contribution in [0.2, 0.25) is 5.02 Å². The highest BCUT2D eigenvalue weighted by Gasteiger charge is 2.48. The van der Waals surface area contributed by atoms with Crippen molar-refractivity contribution in [3.05, 3.63) is 110 Å². The van der Waals surface area contributed by atoms with Crippen LogP contribution in [0.3, 0.4) is 0 Å². The second kappa shape index (κ2) is 10.6. The molecular formula is C26H17Cl2N3O7S2. The van der Waals surface area contributed by atoms with Gasteiger partial charge in [-0.2, -0.15) is 0 Å². The fourth-order valence-corrected chi connectivity index (χ4v) is 7.15. The smallest absolute Gasteiger partial charge is 0.301 e. The first-order valence-electron chi connectivity index (χ1n) is 11.6. The van der Waals surface area contributed by atoms with Gasteiger partial charge < -0.3 is 5.11 Å². The van der Waals surface area contributed by atoms with E-state index in [2.05, 4.69) is 4.98 Å². The van der Waals surface area contributed by atoms with Crippen molar-refractivity contribution in [2.45, 2.75) is 28.0 Å². The second-order valence-corrected chi connectivity index (χ2v) is 12.8. The zero-order valence-corrected chi connectivity index (χ0v) is 23.3. The Morgan fingerprint density at radius 2 is 1.73 bits per heavy atom. The molecule has 204 valence electrons. The van der Waals surface area contributed by atoms with Gasteiger partial charge in [0.25, 0.3) is 11.5 Å². The van der Waals surface area contributed by atoms with Gasteiger partial charge in [0.2, 0.25) is 9.84 Å². The Bertz CT molecular complexity index is 1760. The van der Waals surface area contributed by atoms with Crippen molar-refractivity contribution < 1.29 is 28.0 Å². The van der Waals surface area contributed by atoms with Crippen molar-refractivity contribution in [1.82, 2.24) is 4.98 Å². The predicted octanol–water partition coefficient (Wildman–Crippen LogP) is 5.85. The number of aliphatic hydroxyl groups is 1. The van der Waals surface area contributed by atoms with Crippen molar-refractivity contribution in [2.24, 2.45) is 0 Å². The third kappa shape index (κ3) is 4.94. The largest absolute Gasteiger partial charge is 0.507 e. The third-order valence-corrected chi connectivity index (χ3v) is 10.1. The molecule has 1 saturated heterocycles. The maximum atomic E-state index is 13.3. The molecule has 1 unspecified atom stereocenters. The molecule has 0 saturated carbocycles. The summed E-state index contributed by atoms with van der Waals surface area (Å²) in [6.45, 7) is 0. The summed E-state index contributed by atoms with van der Waals surface area (Å²) in [7, 11) is -4.16. The molecule has 14 heteroatoms. The molecule has 10 nitrogen and oxygen atoms in total. The van der Waals surface area contributed by atoms with Gasteiger partial charge in [0, 0.05) is 22.2 Å². The Labute approximate surface area is 241 Å². The lowest BCUT2D eigenvalue weighted by Crippen LogP contribution is -2.29. The van der Waals surface area contributed by atoms with Crippen molar-refractivity contribution in [2.75, 3.05) is 4.90 Å². The average Bonchev–Trinajstić information content (AvgIpc) is 3.53. The number of thiazole rings is 1. The SMILES string of the molecule is O=C1C(=O)N(c2ncc(S(=O)(=O)c3ccc([N+](=O)[O-])cc3)s2)C(c2ccc(Cl)cc2)C1=C(O)C1=CC=C(Cl)CC1. The Hall–Kier alpha value is -3.84. The van der Waals surface area contributed by atoms with Crippen LogP contribution >= 0.6 is 34.5 Å². The fraction of sp³-hybridized carbons (Fsp3) is 0.115. The summed E-state index contributed by atoms with van der Waals surface area (Å²) in [5, 5.41) is 23.0. The van der Waals surface area contributed by atoms with Crippen LogP contribution < -0.4 is 4.90 Å². The first-order valence-corrected chi connectivity index (χ1v) is 14.6. The first kappa shape index (κ1) is 27.7. The van der Waals surface area contributed by atoms with E-state index < -0.39 is 32.5 Å². The van der Waals surface area contributed by atoms with E-state index in [1.807, 2.05) is 0 Å². The molecule has 1 aliphatic heterocycles. The molecule has 2 aliphatic rings. The molecule has 1 amide bonds. The number of rotatable bonds is 6. The number of halogens is 2. The average molecular weight is 618 g/mol. The van der Waals surface area contributed by atoms with E-state index in [4.69, 9.17) is 23.2 Å². The van der Waals surface area contributed by atoms with Gasteiger partial charge in [-0.1, -0.05) is 52.7 Å². The van der Waals surface area contributed by atoms with E-state index in [1.165, 1.54) is 0 Å². The van der Waals surface area contributed by atoms with Crippen LogP contribution in [0.25, 0.3) is 0 Å². The Kier molecular flexibility index (Phi) is 7.36. The van der Waals surface area contributed by atoms with E-state index in [1.54, 1.807) is 36.4 Å². The van der Waals surface area contributed by atoms with Crippen LogP contribution in [-0.2, 0) is 19.4 Å². The third-order valence-electron chi connectivity index (χ3n) is 6.33. The number of nitro benzene ring substituents is 1. The number of allylic oxidation sites excluding steroid dienone is 4. The lowest BCUT2D eigenvalue weighted by molar-refractivity contribution is -0.384. The zero-order chi connectivity index (χ0) is 28.8. The summed E-state index contributed by atoms with van der Waals surface area (Å²) >= 11 is 12.7. The van der Waals surface area contributed by atoms with Crippen LogP contribution in [0.5, 0.6) is 0 Å². The Balaban J connectivity index is 1.60. The number of aromatic nitrogens is 1. The van der Waals surface area contributed by atoms with Crippen LogP contribution in [0.4, 0.5) is 10.8 Å². The van der Waals surface area contributed by atoms with Crippen LogP contribution in [0, 0.1) is 10.1 Å². The molecule has 5 rings (SSSR count). The first-order chi connectivity index (χ1) is 19.0. The van der Waals surface area contributed by atoms with Gasteiger partial charge >= 0.3 is 5.91 Å². The molecule has 1 fully saturated rings. The van der Waals surface area contributed by atoms with E-state index in [0.29, 0.717) is 45.4 Å². The zero-order valence-electron chi connectivity index (χ0n) is 20.2. The molecule has 0 spiro atoms. The molecule has 40 heavy (non-hydrogen) atoms. The maximum Gasteiger partial charge on any atom is 0.301 e. The normalized spacial score (nSPS) is 18.9. The molecule has 2 heterocycles. The summed E-state index contributed by atoms with van der Waals surface area (Å²) < 4.78 is 26.2. The number of aliphatic hydroxyl groups excluding tert-OH is 1. The van der Waals surface area contributed by atoms with Crippen molar-refractivity contribution in [3.8, 4) is 0 Å². The van der Waals surface area contributed by atoms with Crippen molar-refractivity contribution >= 4 is 66.9 Å². The summed E-state index contributed by atoms with van der Waals surface area (Å²) in [6, 6.07) is 9.52. The molecule has 2 aromatic carbocycles. The number of benzene rings is 2.